The van der Waals surface area contributed by atoms with Crippen LogP contribution in [0.1, 0.15) is 97.9 Å². The Kier molecular flexibility index (Phi) is 29.2. The maximum atomic E-state index is 14.1. The first-order valence-corrected chi connectivity index (χ1v) is 28.2. The molecule has 0 aliphatic rings. The van der Waals surface area contributed by atoms with Gasteiger partial charge in [0, 0.05) is 36.9 Å². The number of nitrogens with zero attached hydrogens (tertiary/aromatic N) is 1. The van der Waals surface area contributed by atoms with E-state index in [4.69, 9.17) is 11.5 Å². The number of rotatable bonds is 35. The molecule has 0 aliphatic carbocycles. The molecule has 0 radical (unpaired) electrons. The molecule has 3 rings (SSSR count). The van der Waals surface area contributed by atoms with Crippen molar-refractivity contribution >= 4 is 71.8 Å². The van der Waals surface area contributed by atoms with Crippen molar-refractivity contribution in [2.75, 3.05) is 12.3 Å². The van der Waals surface area contributed by atoms with Gasteiger partial charge in [0.1, 0.15) is 54.4 Å². The Labute approximate surface area is 484 Å². The number of carbonyl (C=O) groups excluding carboxylic acids is 9. The number of nitrogens with two attached hydrogens (primary N) is 2. The predicted octanol–water partition coefficient (Wildman–Crippen LogP) is -0.970. The maximum Gasteiger partial charge on any atom is 0.326 e. The second-order valence-electron chi connectivity index (χ2n) is 21.4. The number of H-pyrrole nitrogens is 1. The van der Waals surface area contributed by atoms with Crippen LogP contribution in [0.4, 0.5) is 0 Å². The lowest BCUT2D eigenvalue weighted by atomic mass is 9.99. The van der Waals surface area contributed by atoms with Gasteiger partial charge in [0.05, 0.1) is 18.5 Å². The zero-order chi connectivity index (χ0) is 61.2. The lowest BCUT2D eigenvalue weighted by Gasteiger charge is -2.29. The van der Waals surface area contributed by atoms with E-state index < -0.39 is 132 Å². The summed E-state index contributed by atoms with van der Waals surface area (Å²) in [7, 11) is 0. The SMILES string of the molecule is CC(C)C[C@H](NC(=O)[C@@H](N)C(C)C)C(=O)N[C@@H](Cc1ccccc1)C(=O)N[C@@H](C)C(=O)N[C@@H](Cc1cnc[nH]1)C(=O)N[C@@H](CS)C(=O)N[C@H](C(=O)N[C@H](C(=O)N[C@@H](Cc1ccccc1)C(=O)N[C@@H](CCCCN)C(=O)O)C(C)C)[C@@H](C)O. The van der Waals surface area contributed by atoms with Gasteiger partial charge in [0.15, 0.2) is 0 Å². The smallest absolute Gasteiger partial charge is 0.326 e. The molecule has 16 N–H and O–H groups in total. The Morgan fingerprint density at radius 3 is 1.46 bits per heavy atom. The Balaban J connectivity index is 1.80. The van der Waals surface area contributed by atoms with Crippen molar-refractivity contribution in [3.8, 4) is 0 Å². The highest BCUT2D eigenvalue weighted by molar-refractivity contribution is 7.80. The second kappa shape index (κ2) is 34.8. The molecule has 82 heavy (non-hydrogen) atoms. The van der Waals surface area contributed by atoms with Gasteiger partial charge in [-0.2, -0.15) is 12.6 Å². The number of carboxylic acids is 1. The molecule has 0 saturated carbocycles. The monoisotopic (exact) mass is 1160 g/mol. The molecule has 0 aliphatic heterocycles. The number of hydrogen-bond acceptors (Lipinski definition) is 15. The molecule has 1 aromatic heterocycles. The van der Waals surface area contributed by atoms with Crippen molar-refractivity contribution in [3.05, 3.63) is 90.0 Å². The Hall–Kier alpha value is -7.42. The van der Waals surface area contributed by atoms with Crippen molar-refractivity contribution < 1.29 is 58.2 Å². The highest BCUT2D eigenvalue weighted by Gasteiger charge is 2.37. The first kappa shape index (κ1) is 68.9. The summed E-state index contributed by atoms with van der Waals surface area (Å²) in [5, 5.41) is 44.0. The molecule has 0 bridgehead atoms. The number of unbranched alkanes of at least 4 members (excludes halogenated alkanes) is 1. The molecule has 452 valence electrons. The number of imidazole rings is 1. The molecule has 1 heterocycles. The molecule has 0 unspecified atom stereocenters. The molecule has 2 aromatic carbocycles. The standard InChI is InChI=1S/C56H85N13O12S/c1-30(2)23-39(65-53(77)44(58)31(3)4)49(73)64-40(24-35-17-11-9-12-18-35)48(72)61-33(7)47(71)63-42(26-37-27-59-29-60-37)51(75)67-43(28-82)52(76)69-46(34(8)70)55(79)68-45(32(5)6)54(78)66-41(25-36-19-13-10-14-20-36)50(74)62-38(56(80)81)21-15-16-22-57/h9-14,17-20,27,29-34,38-46,70,82H,15-16,21-26,28,57-58H2,1-8H3,(H,59,60)(H,61,72)(H,62,74)(H,63,71)(H,64,73)(H,65,77)(H,66,78)(H,67,75)(H,68,79)(H,69,76)(H,80,81)/t33-,34+,38-,39-,40-,41-,42-,43-,44-,45-,46-/m0/s1. The summed E-state index contributed by atoms with van der Waals surface area (Å²) in [4.78, 5) is 143. The molecule has 9 amide bonds. The number of nitrogens with one attached hydrogen (secondary N) is 10. The van der Waals surface area contributed by atoms with Crippen LogP contribution in [-0.4, -0.2) is 158 Å². The number of carbonyl (C=O) groups is 10. The van der Waals surface area contributed by atoms with Crippen LogP contribution in [0, 0.1) is 17.8 Å². The molecule has 26 heteroatoms. The van der Waals surface area contributed by atoms with Gasteiger partial charge in [-0.25, -0.2) is 9.78 Å². The number of aliphatic hydroxyl groups is 1. The van der Waals surface area contributed by atoms with E-state index in [-0.39, 0.29) is 49.7 Å². The number of aliphatic hydroxyl groups excluding tert-OH is 1. The molecule has 3 aromatic rings. The van der Waals surface area contributed by atoms with Gasteiger partial charge < -0.3 is 74.5 Å². The summed E-state index contributed by atoms with van der Waals surface area (Å²) >= 11 is 4.27. The normalized spacial score (nSPS) is 15.4. The van der Waals surface area contributed by atoms with E-state index in [1.807, 2.05) is 13.8 Å². The fourth-order valence-electron chi connectivity index (χ4n) is 8.35. The number of hydrogen-bond donors (Lipinski definition) is 15. The fraction of sp³-hybridized carbons (Fsp3) is 0.554. The van der Waals surface area contributed by atoms with Crippen molar-refractivity contribution in [3.63, 3.8) is 0 Å². The Morgan fingerprint density at radius 2 is 0.988 bits per heavy atom. The van der Waals surface area contributed by atoms with Crippen LogP contribution in [0.2, 0.25) is 0 Å². The summed E-state index contributed by atoms with van der Waals surface area (Å²) in [5.74, 6) is -9.88. The molecular formula is C56H85N13O12S. The number of amides is 9. The van der Waals surface area contributed by atoms with Gasteiger partial charge in [-0.1, -0.05) is 102 Å². The minimum absolute atomic E-state index is 0.00572. The summed E-state index contributed by atoms with van der Waals surface area (Å²) in [6, 6.07) is 4.32. The maximum absolute atomic E-state index is 14.1. The number of benzene rings is 2. The summed E-state index contributed by atoms with van der Waals surface area (Å²) in [6.07, 6.45) is 2.16. The third-order valence-electron chi connectivity index (χ3n) is 13.2. The van der Waals surface area contributed by atoms with Gasteiger partial charge in [-0.3, -0.25) is 43.2 Å². The number of aliphatic carboxylic acids is 1. The van der Waals surface area contributed by atoms with Gasteiger partial charge in [0.25, 0.3) is 0 Å². The first-order chi connectivity index (χ1) is 38.8. The van der Waals surface area contributed by atoms with E-state index in [0.29, 0.717) is 36.2 Å². The third kappa shape index (κ3) is 23.2. The van der Waals surface area contributed by atoms with Crippen LogP contribution in [0.15, 0.2) is 73.2 Å². The van der Waals surface area contributed by atoms with Crippen LogP contribution in [0.25, 0.3) is 0 Å². The Morgan fingerprint density at radius 1 is 0.537 bits per heavy atom. The zero-order valence-electron chi connectivity index (χ0n) is 47.9. The van der Waals surface area contributed by atoms with Gasteiger partial charge in [0.2, 0.25) is 53.2 Å². The van der Waals surface area contributed by atoms with Crippen molar-refractivity contribution in [1.29, 1.82) is 0 Å². The average molecular weight is 1160 g/mol. The Bertz CT molecular complexity index is 2560. The van der Waals surface area contributed by atoms with E-state index in [0.717, 1.165) is 0 Å². The van der Waals surface area contributed by atoms with E-state index in [9.17, 15) is 58.2 Å². The zero-order valence-corrected chi connectivity index (χ0v) is 48.8. The number of aromatic nitrogens is 2. The minimum atomic E-state index is -1.72. The lowest BCUT2D eigenvalue weighted by Crippen LogP contribution is -2.63. The van der Waals surface area contributed by atoms with E-state index >= 15 is 0 Å². The summed E-state index contributed by atoms with van der Waals surface area (Å²) < 4.78 is 0. The molecular weight excluding hydrogens is 1080 g/mol. The lowest BCUT2D eigenvalue weighted by molar-refractivity contribution is -0.142. The minimum Gasteiger partial charge on any atom is -0.480 e. The summed E-state index contributed by atoms with van der Waals surface area (Å²) in [6.45, 7) is 13.4. The molecule has 11 atom stereocenters. The molecule has 0 fully saturated rings. The van der Waals surface area contributed by atoms with Crippen LogP contribution in [-0.2, 0) is 67.2 Å². The number of thiol groups is 1. The van der Waals surface area contributed by atoms with E-state index in [1.54, 1.807) is 88.4 Å². The highest BCUT2D eigenvalue weighted by atomic mass is 32.1. The van der Waals surface area contributed by atoms with Crippen LogP contribution >= 0.6 is 12.6 Å². The average Bonchev–Trinajstić information content (AvgIpc) is 3.95. The fourth-order valence-corrected chi connectivity index (χ4v) is 8.61. The number of aromatic amines is 1. The van der Waals surface area contributed by atoms with Gasteiger partial charge >= 0.3 is 5.97 Å². The van der Waals surface area contributed by atoms with Crippen molar-refractivity contribution in [2.45, 2.75) is 167 Å². The van der Waals surface area contributed by atoms with Crippen LogP contribution in [0.5, 0.6) is 0 Å². The van der Waals surface area contributed by atoms with Crippen molar-refractivity contribution in [2.24, 2.45) is 29.2 Å². The highest BCUT2D eigenvalue weighted by Crippen LogP contribution is 2.13. The predicted molar refractivity (Wildman–Crippen MR) is 309 cm³/mol. The topological polar surface area (TPSA) is 400 Å². The number of carboxylic acid groups (broad SMARTS) is 1. The summed E-state index contributed by atoms with van der Waals surface area (Å²) in [5.41, 5.74) is 13.3. The molecule has 25 nitrogen and oxygen atoms in total. The molecule has 0 spiro atoms. The van der Waals surface area contributed by atoms with Gasteiger partial charge in [-0.15, -0.1) is 0 Å². The largest absolute Gasteiger partial charge is 0.480 e. The quantitative estimate of drug-likeness (QED) is 0.0249. The van der Waals surface area contributed by atoms with E-state index in [2.05, 4.69) is 70.4 Å². The third-order valence-corrected chi connectivity index (χ3v) is 13.6. The van der Waals surface area contributed by atoms with Crippen LogP contribution < -0.4 is 59.3 Å². The van der Waals surface area contributed by atoms with Crippen molar-refractivity contribution in [1.82, 2.24) is 57.8 Å². The van der Waals surface area contributed by atoms with E-state index in [1.165, 1.54) is 26.4 Å². The first-order valence-electron chi connectivity index (χ1n) is 27.5. The van der Waals surface area contributed by atoms with Crippen LogP contribution in [0.3, 0.4) is 0 Å². The second-order valence-corrected chi connectivity index (χ2v) is 21.8. The van der Waals surface area contributed by atoms with Gasteiger partial charge in [-0.05, 0) is 75.0 Å². The molecule has 0 saturated heterocycles.